The Morgan fingerprint density at radius 1 is 0.306 bits per heavy atom. The van der Waals surface area contributed by atoms with Crippen molar-refractivity contribution >= 4 is 94.1 Å². The maximum atomic E-state index is 14.0. The fourth-order valence-corrected chi connectivity index (χ4v) is 12.8. The molecule has 1 aliphatic heterocycles. The third kappa shape index (κ3) is 7.13. The molecule has 3 rings (SSSR count). The highest BCUT2D eigenvalue weighted by Gasteiger charge is 2.72. The van der Waals surface area contributed by atoms with Crippen molar-refractivity contribution in [1.82, 2.24) is 0 Å². The van der Waals surface area contributed by atoms with Crippen molar-refractivity contribution in [3.8, 4) is 0 Å². The van der Waals surface area contributed by atoms with Crippen molar-refractivity contribution in [1.29, 1.82) is 0 Å². The topological polar surface area (TPSA) is 0 Å². The van der Waals surface area contributed by atoms with Gasteiger partial charge in [0, 0.05) is 69.0 Å². The van der Waals surface area contributed by atoms with Gasteiger partial charge in [-0.3, -0.25) is 0 Å². The summed E-state index contributed by atoms with van der Waals surface area (Å²) in [6.07, 6.45) is 0. The van der Waals surface area contributed by atoms with Gasteiger partial charge in [-0.15, -0.1) is 47.0 Å². The van der Waals surface area contributed by atoms with Crippen LogP contribution in [0.15, 0.2) is 19.6 Å². The lowest BCUT2D eigenvalue weighted by Crippen LogP contribution is -2.52. The molecule has 0 bridgehead atoms. The summed E-state index contributed by atoms with van der Waals surface area (Å²) in [5.74, 6) is -10.4. The molecule has 2 aliphatic carbocycles. The molecule has 0 unspecified atom stereocenters. The summed E-state index contributed by atoms with van der Waals surface area (Å²) in [6, 6.07) is 0. The number of alkyl halides is 8. The molecule has 36 heavy (non-hydrogen) atoms. The Labute approximate surface area is 240 Å². The number of rotatable bonds is 0. The highest BCUT2D eigenvalue weighted by molar-refractivity contribution is 8.10. The van der Waals surface area contributed by atoms with E-state index in [0.717, 1.165) is 47.0 Å². The summed E-state index contributed by atoms with van der Waals surface area (Å²) in [6.45, 7) is 0. The van der Waals surface area contributed by atoms with E-state index in [4.69, 9.17) is 0 Å². The van der Waals surface area contributed by atoms with Crippen LogP contribution >= 0.6 is 94.1 Å². The van der Waals surface area contributed by atoms with Crippen molar-refractivity contribution in [2.45, 2.75) is 23.7 Å². The molecule has 208 valence electrons. The lowest BCUT2D eigenvalue weighted by molar-refractivity contribution is -0.176. The Kier molecular flexibility index (Phi) is 12.6. The second kappa shape index (κ2) is 14.1. The Morgan fingerprint density at radius 2 is 0.472 bits per heavy atom. The molecule has 0 radical (unpaired) electrons. The second-order valence-corrected chi connectivity index (χ2v) is 16.8. The minimum Gasteiger partial charge on any atom is -0.193 e. The zero-order valence-corrected chi connectivity index (χ0v) is 25.3. The molecule has 0 amide bonds. The summed E-state index contributed by atoms with van der Waals surface area (Å²) in [5, 5.41) is 0. The molecule has 0 aromatic carbocycles. The molecule has 0 saturated heterocycles. The zero-order chi connectivity index (χ0) is 26.5. The van der Waals surface area contributed by atoms with Gasteiger partial charge in [0.1, 0.15) is 0 Å². The van der Waals surface area contributed by atoms with Gasteiger partial charge in [-0.2, -0.15) is 82.2 Å². The van der Waals surface area contributed by atoms with Crippen LogP contribution in [0.2, 0.25) is 0 Å². The molecule has 0 atom stereocenters. The average molecular weight is 673 g/mol. The molecule has 0 saturated carbocycles. The summed E-state index contributed by atoms with van der Waals surface area (Å²) < 4.78 is 112. The number of halogens is 8. The van der Waals surface area contributed by atoms with E-state index in [9.17, 15) is 35.1 Å². The van der Waals surface area contributed by atoms with Crippen LogP contribution in [-0.2, 0) is 0 Å². The molecule has 3 aliphatic rings. The van der Waals surface area contributed by atoms with E-state index in [-0.39, 0.29) is 0 Å². The fraction of sp³-hybridized carbons (Fsp3) is 0.800. The van der Waals surface area contributed by atoms with Gasteiger partial charge in [0.15, 0.2) is 0 Å². The number of hydrogen-bond acceptors (Lipinski definition) is 8. The van der Waals surface area contributed by atoms with Gasteiger partial charge < -0.3 is 0 Å². The fourth-order valence-electron chi connectivity index (χ4n) is 3.10. The standard InChI is InChI=1S/C20H24F8S8/c21-17(22)13-14(18(17,23)24)35-11-7-31-3-4-32-8-12-36-16-15(19(25,26)20(16,27)28)34-10-6-30-2-1-29-5-9-33-13/h1-12H2. The van der Waals surface area contributed by atoms with Crippen LogP contribution in [0.3, 0.4) is 0 Å². The van der Waals surface area contributed by atoms with Crippen LogP contribution in [0.5, 0.6) is 0 Å². The normalized spacial score (nSPS) is 28.7. The summed E-state index contributed by atoms with van der Waals surface area (Å²) >= 11 is 9.19. The number of hydrogen-bond donors (Lipinski definition) is 0. The predicted molar refractivity (Wildman–Crippen MR) is 153 cm³/mol. The Bertz CT molecular complexity index is 688. The third-order valence-electron chi connectivity index (χ3n) is 4.98. The molecule has 0 spiro atoms. The minimum atomic E-state index is -4.11. The molecule has 16 heteroatoms. The van der Waals surface area contributed by atoms with Crippen LogP contribution in [-0.4, -0.2) is 92.7 Å². The van der Waals surface area contributed by atoms with Gasteiger partial charge in [0.25, 0.3) is 0 Å². The highest BCUT2D eigenvalue weighted by atomic mass is 32.2. The first kappa shape index (κ1) is 32.2. The van der Waals surface area contributed by atoms with E-state index in [1.54, 1.807) is 0 Å². The van der Waals surface area contributed by atoms with Crippen molar-refractivity contribution in [2.24, 2.45) is 0 Å². The van der Waals surface area contributed by atoms with Crippen molar-refractivity contribution in [2.75, 3.05) is 69.0 Å². The lowest BCUT2D eigenvalue weighted by Gasteiger charge is -2.40. The van der Waals surface area contributed by atoms with Crippen LogP contribution in [0.25, 0.3) is 0 Å². The molecule has 0 nitrogen and oxygen atoms in total. The maximum Gasteiger partial charge on any atom is 0.346 e. The van der Waals surface area contributed by atoms with Crippen molar-refractivity contribution < 1.29 is 35.1 Å². The van der Waals surface area contributed by atoms with Gasteiger partial charge in [-0.05, 0) is 0 Å². The van der Waals surface area contributed by atoms with Gasteiger partial charge in [-0.1, -0.05) is 0 Å². The molecule has 0 aromatic rings. The van der Waals surface area contributed by atoms with E-state index in [2.05, 4.69) is 0 Å². The Hall–Kier alpha value is 1.72. The molecule has 0 aromatic heterocycles. The van der Waals surface area contributed by atoms with Crippen molar-refractivity contribution in [3.63, 3.8) is 0 Å². The molecular weight excluding hydrogens is 649 g/mol. The van der Waals surface area contributed by atoms with E-state index in [1.165, 1.54) is 47.0 Å². The van der Waals surface area contributed by atoms with E-state index >= 15 is 0 Å². The predicted octanol–water partition coefficient (Wildman–Crippen LogP) is 8.86. The quantitative estimate of drug-likeness (QED) is 0.231. The van der Waals surface area contributed by atoms with Crippen LogP contribution in [0, 0.1) is 0 Å². The average Bonchev–Trinajstić information content (AvgIpc) is 2.81. The first-order chi connectivity index (χ1) is 17.0. The summed E-state index contributed by atoms with van der Waals surface area (Å²) in [4.78, 5) is -2.04. The Balaban J connectivity index is 1.52. The van der Waals surface area contributed by atoms with E-state index in [0.29, 0.717) is 69.0 Å². The maximum absolute atomic E-state index is 14.0. The van der Waals surface area contributed by atoms with Gasteiger partial charge in [0.2, 0.25) is 0 Å². The third-order valence-corrected chi connectivity index (χ3v) is 15.4. The smallest absolute Gasteiger partial charge is 0.193 e. The van der Waals surface area contributed by atoms with Crippen LogP contribution < -0.4 is 0 Å². The SMILES string of the molecule is FC1(F)C2=C(SCCSCCSCCSC3=C(SCCSCCSCCS2)C(F)(F)C3(F)F)C1(F)F. The molecule has 1 heterocycles. The first-order valence-electron chi connectivity index (χ1n) is 10.8. The van der Waals surface area contributed by atoms with Crippen LogP contribution in [0.4, 0.5) is 35.1 Å². The zero-order valence-electron chi connectivity index (χ0n) is 18.8. The Morgan fingerprint density at radius 3 is 0.667 bits per heavy atom. The van der Waals surface area contributed by atoms with Gasteiger partial charge >= 0.3 is 23.7 Å². The van der Waals surface area contributed by atoms with Crippen LogP contribution in [0.1, 0.15) is 0 Å². The van der Waals surface area contributed by atoms with E-state index < -0.39 is 43.3 Å². The second-order valence-electron chi connectivity index (χ2n) is 7.46. The number of thioether (sulfide) groups is 8. The van der Waals surface area contributed by atoms with Gasteiger partial charge in [0.05, 0.1) is 19.6 Å². The van der Waals surface area contributed by atoms with E-state index in [1.807, 2.05) is 0 Å². The monoisotopic (exact) mass is 672 g/mol. The summed E-state index contributed by atoms with van der Waals surface area (Å²) in [5.41, 5.74) is 0. The molecule has 0 fully saturated rings. The largest absolute Gasteiger partial charge is 0.346 e. The molecular formula is C20H24F8S8. The first-order valence-corrected chi connectivity index (χ1v) is 19.4. The van der Waals surface area contributed by atoms with Crippen molar-refractivity contribution in [3.05, 3.63) is 19.6 Å². The highest BCUT2D eigenvalue weighted by Crippen LogP contribution is 2.63. The molecule has 0 N–H and O–H groups in total. The van der Waals surface area contributed by atoms with Gasteiger partial charge in [-0.25, -0.2) is 0 Å². The lowest BCUT2D eigenvalue weighted by atomic mass is 10.00. The summed E-state index contributed by atoms with van der Waals surface area (Å²) in [7, 11) is 0. The number of allylic oxidation sites excluding steroid dienone is 4. The minimum absolute atomic E-state index is 0.292.